The summed E-state index contributed by atoms with van der Waals surface area (Å²) in [5.41, 5.74) is 0. The van der Waals surface area contributed by atoms with Crippen LogP contribution >= 0.6 is 22.6 Å². The molecule has 0 saturated heterocycles. The highest BCUT2D eigenvalue weighted by atomic mass is 127. The van der Waals surface area contributed by atoms with E-state index >= 15 is 0 Å². The quantitative estimate of drug-likeness (QED) is 0.377. The maximum atomic E-state index is 2.40. The maximum Gasteiger partial charge on any atom is 0.0144 e. The molecule has 0 heterocycles. The van der Waals surface area contributed by atoms with Crippen molar-refractivity contribution in [1.82, 2.24) is 0 Å². The molecule has 1 aliphatic carbocycles. The molecule has 0 spiro atoms. The monoisotopic (exact) mass is 167 g/mol. The van der Waals surface area contributed by atoms with Crippen LogP contribution in [-0.4, -0.2) is 3.92 Å². The van der Waals surface area contributed by atoms with E-state index in [1.54, 1.807) is 0 Å². The van der Waals surface area contributed by atoms with Crippen molar-refractivity contribution in [3.63, 3.8) is 0 Å². The molecule has 23 valence electrons. The molecule has 0 aromatic rings. The van der Waals surface area contributed by atoms with Crippen LogP contribution in [0.4, 0.5) is 0 Å². The fourth-order valence-electron chi connectivity index (χ4n) is 0.0514. The second-order valence-electron chi connectivity index (χ2n) is 0.987. The highest BCUT2D eigenvalue weighted by Gasteiger charge is 2.15. The summed E-state index contributed by atoms with van der Waals surface area (Å²) in [6.07, 6.45) is 3.63. The number of hydrogen-bond donors (Lipinski definition) is 0. The van der Waals surface area contributed by atoms with Gasteiger partial charge in [0.2, 0.25) is 0 Å². The van der Waals surface area contributed by atoms with E-state index in [1.807, 2.05) is 0 Å². The fourth-order valence-corrected chi connectivity index (χ4v) is 0.345. The average molecular weight is 167 g/mol. The lowest BCUT2D eigenvalue weighted by Crippen LogP contribution is -1.43. The first-order valence-corrected chi connectivity index (χ1v) is 2.61. The standard InChI is InChI=1S/C3H4I/c4-3-1-2-3/h1,3H,2H2/t3-/m0/s1. The molecule has 0 amide bonds. The van der Waals surface area contributed by atoms with Crippen LogP contribution in [0.15, 0.2) is 0 Å². The minimum atomic E-state index is 0.928. The molecule has 0 unspecified atom stereocenters. The van der Waals surface area contributed by atoms with Gasteiger partial charge in [0.15, 0.2) is 0 Å². The van der Waals surface area contributed by atoms with Crippen molar-refractivity contribution in [3.8, 4) is 0 Å². The molecule has 1 fully saturated rings. The molecular weight excluding hydrogens is 163 g/mol. The van der Waals surface area contributed by atoms with Crippen molar-refractivity contribution < 1.29 is 0 Å². The summed E-state index contributed by atoms with van der Waals surface area (Å²) in [7, 11) is 0. The van der Waals surface area contributed by atoms with Crippen LogP contribution in [-0.2, 0) is 0 Å². The van der Waals surface area contributed by atoms with E-state index in [2.05, 4.69) is 29.0 Å². The first kappa shape index (κ1) is 2.94. The van der Waals surface area contributed by atoms with Crippen LogP contribution in [0.2, 0.25) is 0 Å². The van der Waals surface area contributed by atoms with Crippen LogP contribution in [0, 0.1) is 6.42 Å². The second kappa shape index (κ2) is 0.847. The zero-order valence-electron chi connectivity index (χ0n) is 2.24. The van der Waals surface area contributed by atoms with E-state index in [0.717, 1.165) is 3.92 Å². The van der Waals surface area contributed by atoms with Gasteiger partial charge in [-0.2, -0.15) is 0 Å². The van der Waals surface area contributed by atoms with Gasteiger partial charge in [-0.15, -0.1) is 0 Å². The van der Waals surface area contributed by atoms with Gasteiger partial charge in [0, 0.05) is 3.92 Å². The molecule has 1 saturated carbocycles. The van der Waals surface area contributed by atoms with Crippen molar-refractivity contribution in [1.29, 1.82) is 0 Å². The van der Waals surface area contributed by atoms with Crippen LogP contribution in [0.25, 0.3) is 0 Å². The largest absolute Gasteiger partial charge is 0.0823 e. The van der Waals surface area contributed by atoms with E-state index in [9.17, 15) is 0 Å². The number of halogens is 1. The molecule has 1 rings (SSSR count). The molecule has 0 bridgehead atoms. The Balaban J connectivity index is 2.17. The van der Waals surface area contributed by atoms with Crippen molar-refractivity contribution in [2.75, 3.05) is 0 Å². The maximum absolute atomic E-state index is 2.40. The van der Waals surface area contributed by atoms with Gasteiger partial charge in [0.1, 0.15) is 0 Å². The lowest BCUT2D eigenvalue weighted by molar-refractivity contribution is 1.57. The average Bonchev–Trinajstić information content (AvgIpc) is 1.75. The summed E-state index contributed by atoms with van der Waals surface area (Å²) in [5, 5.41) is 0. The second-order valence-corrected chi connectivity index (χ2v) is 2.59. The third-order valence-electron chi connectivity index (χ3n) is 0.414. The zero-order chi connectivity index (χ0) is 2.99. The van der Waals surface area contributed by atoms with Crippen LogP contribution in [0.3, 0.4) is 0 Å². The molecule has 1 radical (unpaired) electrons. The Kier molecular flexibility index (Phi) is 0.623. The summed E-state index contributed by atoms with van der Waals surface area (Å²) in [6.45, 7) is 0. The van der Waals surface area contributed by atoms with Crippen LogP contribution in [0.1, 0.15) is 6.42 Å². The Morgan fingerprint density at radius 2 is 2.25 bits per heavy atom. The Labute approximate surface area is 39.7 Å². The van der Waals surface area contributed by atoms with Gasteiger partial charge in [0.05, 0.1) is 0 Å². The molecule has 1 atom stereocenters. The minimum Gasteiger partial charge on any atom is -0.0823 e. The Bertz CT molecular complexity index is 22.5. The van der Waals surface area contributed by atoms with E-state index in [1.165, 1.54) is 6.42 Å². The van der Waals surface area contributed by atoms with Crippen molar-refractivity contribution >= 4 is 22.6 Å². The van der Waals surface area contributed by atoms with Gasteiger partial charge >= 0.3 is 0 Å². The fraction of sp³-hybridized carbons (Fsp3) is 0.667. The molecule has 4 heavy (non-hydrogen) atoms. The lowest BCUT2D eigenvalue weighted by atomic mass is 11.0. The van der Waals surface area contributed by atoms with E-state index in [-0.39, 0.29) is 0 Å². The molecular formula is C3H4I. The molecule has 1 heteroatoms. The number of rotatable bonds is 0. The van der Waals surface area contributed by atoms with Crippen LogP contribution in [0.5, 0.6) is 0 Å². The van der Waals surface area contributed by atoms with E-state index < -0.39 is 0 Å². The molecule has 0 aliphatic heterocycles. The first-order valence-electron chi connectivity index (χ1n) is 1.37. The van der Waals surface area contributed by atoms with Gasteiger partial charge < -0.3 is 0 Å². The molecule has 0 aromatic carbocycles. The third-order valence-corrected chi connectivity index (χ3v) is 1.43. The molecule has 0 nitrogen and oxygen atoms in total. The summed E-state index contributed by atoms with van der Waals surface area (Å²) in [4.78, 5) is 0. The summed E-state index contributed by atoms with van der Waals surface area (Å²) in [5.74, 6) is 0. The smallest absolute Gasteiger partial charge is 0.0144 e. The number of alkyl halides is 1. The SMILES string of the molecule is I[C@H]1[CH]C1. The summed E-state index contributed by atoms with van der Waals surface area (Å²) in [6, 6.07) is 0. The predicted octanol–water partition coefficient (Wildman–Crippen LogP) is 1.40. The van der Waals surface area contributed by atoms with Crippen molar-refractivity contribution in [2.24, 2.45) is 0 Å². The van der Waals surface area contributed by atoms with E-state index in [4.69, 9.17) is 0 Å². The predicted molar refractivity (Wildman–Crippen MR) is 26.7 cm³/mol. The highest BCUT2D eigenvalue weighted by Crippen LogP contribution is 2.26. The topological polar surface area (TPSA) is 0 Å². The Morgan fingerprint density at radius 1 is 2.00 bits per heavy atom. The summed E-state index contributed by atoms with van der Waals surface area (Å²) < 4.78 is 0.928. The third kappa shape index (κ3) is 0.587. The Hall–Kier alpha value is 0.730. The van der Waals surface area contributed by atoms with Gasteiger partial charge in [-0.25, -0.2) is 0 Å². The van der Waals surface area contributed by atoms with Crippen molar-refractivity contribution in [3.05, 3.63) is 6.42 Å². The van der Waals surface area contributed by atoms with Gasteiger partial charge in [-0.3, -0.25) is 0 Å². The number of hydrogen-bond acceptors (Lipinski definition) is 0. The van der Waals surface area contributed by atoms with Gasteiger partial charge in [-0.05, 0) is 12.8 Å². The lowest BCUT2D eigenvalue weighted by Gasteiger charge is -1.50. The van der Waals surface area contributed by atoms with Gasteiger partial charge in [-0.1, -0.05) is 22.6 Å². The minimum absolute atomic E-state index is 0.928. The van der Waals surface area contributed by atoms with Gasteiger partial charge in [0.25, 0.3) is 0 Å². The van der Waals surface area contributed by atoms with E-state index in [0.29, 0.717) is 0 Å². The Morgan fingerprint density at radius 3 is 2.25 bits per heavy atom. The molecule has 0 N–H and O–H groups in total. The molecule has 0 aromatic heterocycles. The first-order chi connectivity index (χ1) is 1.89. The molecule has 1 aliphatic rings. The van der Waals surface area contributed by atoms with Crippen molar-refractivity contribution in [2.45, 2.75) is 10.3 Å². The summed E-state index contributed by atoms with van der Waals surface area (Å²) >= 11 is 2.40. The highest BCUT2D eigenvalue weighted by molar-refractivity contribution is 14.1. The zero-order valence-corrected chi connectivity index (χ0v) is 4.40. The van der Waals surface area contributed by atoms with Crippen LogP contribution < -0.4 is 0 Å². The normalized spacial score (nSPS) is 26.2.